The lowest BCUT2D eigenvalue weighted by Gasteiger charge is -2.25. The van der Waals surface area contributed by atoms with Gasteiger partial charge in [-0.2, -0.15) is 14.9 Å². The van der Waals surface area contributed by atoms with Gasteiger partial charge in [0.1, 0.15) is 5.67 Å². The molecule has 3 rings (SSSR count). The highest BCUT2D eigenvalue weighted by Crippen LogP contribution is 2.38. The third-order valence-corrected chi connectivity index (χ3v) is 9.34. The Morgan fingerprint density at radius 1 is 0.850 bits per heavy atom. The van der Waals surface area contributed by atoms with E-state index < -0.39 is 16.5 Å². The molecule has 6 heteroatoms. The monoisotopic (exact) mass is 558 g/mol. The molecule has 3 aromatic rings. The molecule has 2 heterocycles. The molecule has 40 heavy (non-hydrogen) atoms. The van der Waals surface area contributed by atoms with E-state index in [1.165, 1.54) is 17.1 Å². The Kier molecular flexibility index (Phi) is 9.91. The number of alkyl halides is 1. The van der Waals surface area contributed by atoms with Crippen molar-refractivity contribution >= 4 is 11.5 Å². The van der Waals surface area contributed by atoms with Crippen molar-refractivity contribution in [1.82, 2.24) is 9.36 Å². The second-order valence-corrected chi connectivity index (χ2v) is 13.4. The first-order valence-corrected chi connectivity index (χ1v) is 15.1. The van der Waals surface area contributed by atoms with E-state index in [0.717, 1.165) is 29.1 Å². The highest BCUT2D eigenvalue weighted by atomic mass is 32.1. The molecule has 0 aliphatic heterocycles. The molecule has 0 aliphatic rings. The highest BCUT2D eigenvalue weighted by molar-refractivity contribution is 7.06. The molecule has 4 nitrogen and oxygen atoms in total. The maximum absolute atomic E-state index is 15.6. The number of aromatic nitrogens is 2. The standard InChI is InChI=1S/C34H43FN4S/c1-23(2)29-20-31(40-39-29)34(8,35)18-16-25(4)28-13-10-14-30(38-28)33(7,22-37)17-15-24(3)26-11-9-12-27(19-26)32(5,6)21-36/h9-14,19-20,23-25H,15-18H2,1-8H3. The van der Waals surface area contributed by atoms with Gasteiger partial charge in [-0.15, -0.1) is 0 Å². The number of hydrogen-bond acceptors (Lipinski definition) is 5. The number of nitrogens with zero attached hydrogens (tertiary/aromatic N) is 4. The van der Waals surface area contributed by atoms with Gasteiger partial charge in [-0.1, -0.05) is 58.0 Å². The second-order valence-electron chi connectivity index (χ2n) is 12.6. The fourth-order valence-corrected chi connectivity index (χ4v) is 5.74. The summed E-state index contributed by atoms with van der Waals surface area (Å²) in [7, 11) is 0. The predicted octanol–water partition coefficient (Wildman–Crippen LogP) is 9.60. The van der Waals surface area contributed by atoms with Crippen LogP contribution in [0.3, 0.4) is 0 Å². The Hall–Kier alpha value is -3.09. The summed E-state index contributed by atoms with van der Waals surface area (Å²) < 4.78 is 20.0. The molecular weight excluding hydrogens is 515 g/mol. The second kappa shape index (κ2) is 12.6. The summed E-state index contributed by atoms with van der Waals surface area (Å²) in [6, 6.07) is 20.9. The van der Waals surface area contributed by atoms with Gasteiger partial charge in [0.15, 0.2) is 0 Å². The minimum Gasteiger partial charge on any atom is -0.256 e. The van der Waals surface area contributed by atoms with E-state index in [1.807, 2.05) is 57.2 Å². The molecule has 0 fully saturated rings. The van der Waals surface area contributed by atoms with Crippen LogP contribution in [-0.4, -0.2) is 9.36 Å². The number of halogens is 1. The van der Waals surface area contributed by atoms with E-state index in [4.69, 9.17) is 4.98 Å². The van der Waals surface area contributed by atoms with Crippen LogP contribution in [0, 0.1) is 22.7 Å². The Morgan fingerprint density at radius 3 is 2.15 bits per heavy atom. The number of hydrogen-bond donors (Lipinski definition) is 0. The Balaban J connectivity index is 1.69. The summed E-state index contributed by atoms with van der Waals surface area (Å²) in [6.07, 6.45) is 2.51. The topological polar surface area (TPSA) is 73.4 Å². The highest BCUT2D eigenvalue weighted by Gasteiger charge is 2.32. The number of benzene rings is 1. The normalized spacial score (nSPS) is 16.4. The van der Waals surface area contributed by atoms with Gasteiger partial charge in [-0.25, -0.2) is 4.39 Å². The van der Waals surface area contributed by atoms with Crippen molar-refractivity contribution in [3.8, 4) is 12.1 Å². The molecule has 0 N–H and O–H groups in total. The molecule has 0 spiro atoms. The quantitative estimate of drug-likeness (QED) is 0.222. The zero-order chi connectivity index (χ0) is 29.7. The molecule has 0 radical (unpaired) electrons. The van der Waals surface area contributed by atoms with E-state index in [9.17, 15) is 10.5 Å². The van der Waals surface area contributed by atoms with E-state index in [2.05, 4.69) is 56.3 Å². The van der Waals surface area contributed by atoms with Crippen molar-refractivity contribution in [1.29, 1.82) is 10.5 Å². The number of rotatable bonds is 12. The molecular formula is C34H43FN4S. The van der Waals surface area contributed by atoms with Crippen molar-refractivity contribution in [2.24, 2.45) is 0 Å². The minimum absolute atomic E-state index is 0.0561. The summed E-state index contributed by atoms with van der Waals surface area (Å²) in [5.41, 5.74) is 2.05. The fourth-order valence-electron chi connectivity index (χ4n) is 4.81. The van der Waals surface area contributed by atoms with Gasteiger partial charge in [0.05, 0.1) is 39.2 Å². The van der Waals surface area contributed by atoms with Gasteiger partial charge in [0.2, 0.25) is 0 Å². The van der Waals surface area contributed by atoms with Gasteiger partial charge >= 0.3 is 0 Å². The van der Waals surface area contributed by atoms with Crippen molar-refractivity contribution in [3.63, 3.8) is 0 Å². The summed E-state index contributed by atoms with van der Waals surface area (Å²) in [5, 5.41) is 19.8. The van der Waals surface area contributed by atoms with Crippen molar-refractivity contribution in [2.75, 3.05) is 0 Å². The zero-order valence-corrected chi connectivity index (χ0v) is 26.1. The van der Waals surface area contributed by atoms with Crippen LogP contribution in [0.1, 0.15) is 132 Å². The maximum atomic E-state index is 15.6. The zero-order valence-electron chi connectivity index (χ0n) is 25.3. The molecule has 0 amide bonds. The summed E-state index contributed by atoms with van der Waals surface area (Å²) >= 11 is 1.26. The average molecular weight is 559 g/mol. The summed E-state index contributed by atoms with van der Waals surface area (Å²) in [6.45, 7) is 15.9. The summed E-state index contributed by atoms with van der Waals surface area (Å²) in [4.78, 5) is 5.61. The molecule has 0 bridgehead atoms. The van der Waals surface area contributed by atoms with E-state index in [1.54, 1.807) is 6.92 Å². The van der Waals surface area contributed by atoms with Crippen LogP contribution < -0.4 is 0 Å². The molecule has 1 aromatic carbocycles. The first kappa shape index (κ1) is 31.4. The SMILES string of the molecule is CC(C)c1cc(C(C)(F)CCC(C)c2cccc(C(C)(C#N)CCC(C)c3cccc(C(C)(C)C#N)c3)n2)sn1. The largest absolute Gasteiger partial charge is 0.256 e. The first-order valence-electron chi connectivity index (χ1n) is 14.3. The van der Waals surface area contributed by atoms with Crippen molar-refractivity contribution in [2.45, 2.75) is 115 Å². The smallest absolute Gasteiger partial charge is 0.143 e. The van der Waals surface area contributed by atoms with Crippen LogP contribution in [-0.2, 0) is 16.5 Å². The van der Waals surface area contributed by atoms with Gasteiger partial charge in [-0.05, 0) is 112 Å². The van der Waals surface area contributed by atoms with Crippen LogP contribution in [0.15, 0.2) is 48.5 Å². The van der Waals surface area contributed by atoms with Crippen LogP contribution in [0.25, 0.3) is 0 Å². The Bertz CT molecular complexity index is 1380. The molecule has 0 saturated carbocycles. The molecule has 4 atom stereocenters. The van der Waals surface area contributed by atoms with Crippen LogP contribution in [0.4, 0.5) is 4.39 Å². The third-order valence-electron chi connectivity index (χ3n) is 8.30. The van der Waals surface area contributed by atoms with E-state index in [0.29, 0.717) is 24.1 Å². The van der Waals surface area contributed by atoms with Gasteiger partial charge in [0.25, 0.3) is 0 Å². The Morgan fingerprint density at radius 2 is 1.52 bits per heavy atom. The predicted molar refractivity (Wildman–Crippen MR) is 162 cm³/mol. The lowest BCUT2D eigenvalue weighted by atomic mass is 9.78. The molecule has 212 valence electrons. The van der Waals surface area contributed by atoms with Gasteiger partial charge in [-0.3, -0.25) is 4.98 Å². The fraction of sp³-hybridized carbons (Fsp3) is 0.529. The van der Waals surface area contributed by atoms with E-state index in [-0.39, 0.29) is 17.8 Å². The minimum atomic E-state index is -1.44. The van der Waals surface area contributed by atoms with Gasteiger partial charge < -0.3 is 0 Å². The Labute approximate surface area is 244 Å². The molecule has 0 saturated heterocycles. The first-order chi connectivity index (χ1) is 18.7. The maximum Gasteiger partial charge on any atom is 0.143 e. The molecule has 4 unspecified atom stereocenters. The van der Waals surface area contributed by atoms with E-state index >= 15 is 4.39 Å². The van der Waals surface area contributed by atoms with Crippen LogP contribution in [0.2, 0.25) is 0 Å². The lowest BCUT2D eigenvalue weighted by molar-refractivity contribution is 0.174. The third kappa shape index (κ3) is 7.35. The number of pyridine rings is 1. The molecule has 0 aliphatic carbocycles. The molecule has 2 aromatic heterocycles. The average Bonchev–Trinajstić information content (AvgIpc) is 3.47. The summed E-state index contributed by atoms with van der Waals surface area (Å²) in [5.74, 6) is 0.569. The van der Waals surface area contributed by atoms with Crippen LogP contribution in [0.5, 0.6) is 0 Å². The van der Waals surface area contributed by atoms with Crippen molar-refractivity contribution < 1.29 is 4.39 Å². The lowest BCUT2D eigenvalue weighted by Crippen LogP contribution is -2.23. The van der Waals surface area contributed by atoms with Crippen LogP contribution >= 0.6 is 11.5 Å². The van der Waals surface area contributed by atoms with Gasteiger partial charge in [0, 0.05) is 5.69 Å². The number of nitriles is 2. The van der Waals surface area contributed by atoms with Crippen molar-refractivity contribution in [3.05, 3.63) is 81.6 Å².